The summed E-state index contributed by atoms with van der Waals surface area (Å²) in [6.45, 7) is 8.95. The second-order valence-corrected chi connectivity index (χ2v) is 8.53. The van der Waals surface area contributed by atoms with Gasteiger partial charge < -0.3 is 5.32 Å². The Labute approximate surface area is 128 Å². The van der Waals surface area contributed by atoms with E-state index in [0.717, 1.165) is 12.8 Å². The molecule has 2 unspecified atom stereocenters. The van der Waals surface area contributed by atoms with E-state index in [0.29, 0.717) is 34.5 Å². The van der Waals surface area contributed by atoms with E-state index >= 15 is 0 Å². The standard InChI is InChI=1S/C16H26N2O2S/c1-5-17-21(19,20)15-9-7-6-8-13(15)18-14-11-16(3,4)10-12(14)2/h6-9,12,14,17-18H,5,10-11H2,1-4H3. The average Bonchev–Trinajstić information content (AvgIpc) is 2.62. The largest absolute Gasteiger partial charge is 0.381 e. The first-order valence-electron chi connectivity index (χ1n) is 7.60. The molecule has 0 spiro atoms. The molecule has 1 aliphatic rings. The molecule has 1 aromatic carbocycles. The van der Waals surface area contributed by atoms with Gasteiger partial charge in [0.2, 0.25) is 10.0 Å². The van der Waals surface area contributed by atoms with Gasteiger partial charge in [-0.1, -0.05) is 39.8 Å². The molecule has 1 aromatic rings. The summed E-state index contributed by atoms with van der Waals surface area (Å²) in [5.41, 5.74) is 1.01. The fourth-order valence-electron chi connectivity index (χ4n) is 3.37. The molecule has 0 amide bonds. The van der Waals surface area contributed by atoms with Crippen LogP contribution in [0.25, 0.3) is 0 Å². The summed E-state index contributed by atoms with van der Waals surface area (Å²) in [5, 5.41) is 3.46. The minimum Gasteiger partial charge on any atom is -0.381 e. The van der Waals surface area contributed by atoms with E-state index in [2.05, 4.69) is 30.8 Å². The molecular weight excluding hydrogens is 284 g/mol. The quantitative estimate of drug-likeness (QED) is 0.878. The van der Waals surface area contributed by atoms with Crippen molar-refractivity contribution in [1.82, 2.24) is 4.72 Å². The number of anilines is 1. The van der Waals surface area contributed by atoms with Crippen LogP contribution >= 0.6 is 0 Å². The molecule has 5 heteroatoms. The highest BCUT2D eigenvalue weighted by molar-refractivity contribution is 7.89. The van der Waals surface area contributed by atoms with Gasteiger partial charge in [0, 0.05) is 12.6 Å². The lowest BCUT2D eigenvalue weighted by Crippen LogP contribution is -2.27. The zero-order valence-electron chi connectivity index (χ0n) is 13.3. The van der Waals surface area contributed by atoms with Crippen molar-refractivity contribution in [2.75, 3.05) is 11.9 Å². The van der Waals surface area contributed by atoms with Crippen LogP contribution in [0.1, 0.15) is 40.5 Å². The zero-order chi connectivity index (χ0) is 15.7. The maximum Gasteiger partial charge on any atom is 0.242 e. The maximum atomic E-state index is 12.3. The zero-order valence-corrected chi connectivity index (χ0v) is 14.1. The second kappa shape index (κ2) is 5.97. The van der Waals surface area contributed by atoms with Gasteiger partial charge in [-0.2, -0.15) is 0 Å². The third kappa shape index (κ3) is 3.77. The van der Waals surface area contributed by atoms with Crippen molar-refractivity contribution in [2.24, 2.45) is 11.3 Å². The summed E-state index contributed by atoms with van der Waals surface area (Å²) in [4.78, 5) is 0.337. The first-order valence-corrected chi connectivity index (χ1v) is 9.09. The molecule has 118 valence electrons. The van der Waals surface area contributed by atoms with Crippen LogP contribution in [0.2, 0.25) is 0 Å². The summed E-state index contributed by atoms with van der Waals surface area (Å²) in [7, 11) is -3.44. The lowest BCUT2D eigenvalue weighted by atomic mass is 9.91. The molecule has 2 N–H and O–H groups in total. The Balaban J connectivity index is 2.26. The van der Waals surface area contributed by atoms with Crippen LogP contribution in [0.15, 0.2) is 29.2 Å². The monoisotopic (exact) mass is 310 g/mol. The Morgan fingerprint density at radius 2 is 1.90 bits per heavy atom. The number of para-hydroxylation sites is 1. The van der Waals surface area contributed by atoms with Gasteiger partial charge in [-0.15, -0.1) is 0 Å². The molecule has 1 aliphatic carbocycles. The number of hydrogen-bond acceptors (Lipinski definition) is 3. The molecule has 1 saturated carbocycles. The minimum atomic E-state index is -3.44. The molecule has 0 saturated heterocycles. The van der Waals surface area contributed by atoms with Crippen LogP contribution in [0.3, 0.4) is 0 Å². The molecule has 0 aliphatic heterocycles. The second-order valence-electron chi connectivity index (χ2n) is 6.80. The molecular formula is C16H26N2O2S. The Morgan fingerprint density at radius 3 is 2.48 bits per heavy atom. The number of hydrogen-bond donors (Lipinski definition) is 2. The van der Waals surface area contributed by atoms with Crippen LogP contribution in [0, 0.1) is 11.3 Å². The van der Waals surface area contributed by atoms with Gasteiger partial charge in [-0.3, -0.25) is 0 Å². The van der Waals surface area contributed by atoms with Gasteiger partial charge in [0.1, 0.15) is 4.90 Å². The predicted octanol–water partition coefficient (Wildman–Crippen LogP) is 3.22. The SMILES string of the molecule is CCNS(=O)(=O)c1ccccc1NC1CC(C)(C)CC1C. The summed E-state index contributed by atoms with van der Waals surface area (Å²) < 4.78 is 27.1. The summed E-state index contributed by atoms with van der Waals surface area (Å²) >= 11 is 0. The Kier molecular flexibility index (Phi) is 4.63. The van der Waals surface area contributed by atoms with E-state index in [1.807, 2.05) is 12.1 Å². The Hall–Kier alpha value is -1.07. The van der Waals surface area contributed by atoms with E-state index in [-0.39, 0.29) is 0 Å². The fraction of sp³-hybridized carbons (Fsp3) is 0.625. The molecule has 0 radical (unpaired) electrons. The highest BCUT2D eigenvalue weighted by Gasteiger charge is 2.37. The molecule has 2 rings (SSSR count). The first kappa shape index (κ1) is 16.3. The molecule has 4 nitrogen and oxygen atoms in total. The minimum absolute atomic E-state index is 0.312. The molecule has 0 bridgehead atoms. The van der Waals surface area contributed by atoms with Gasteiger partial charge >= 0.3 is 0 Å². The van der Waals surface area contributed by atoms with Gasteiger partial charge in [-0.05, 0) is 36.3 Å². The van der Waals surface area contributed by atoms with Crippen molar-refractivity contribution in [2.45, 2.75) is 51.5 Å². The van der Waals surface area contributed by atoms with Crippen LogP contribution in [0.5, 0.6) is 0 Å². The molecule has 0 aromatic heterocycles. The molecule has 21 heavy (non-hydrogen) atoms. The summed E-state index contributed by atoms with van der Waals surface area (Å²) in [6.07, 6.45) is 2.22. The smallest absolute Gasteiger partial charge is 0.242 e. The van der Waals surface area contributed by atoms with E-state index in [4.69, 9.17) is 0 Å². The lowest BCUT2D eigenvalue weighted by Gasteiger charge is -2.21. The van der Waals surface area contributed by atoms with Crippen molar-refractivity contribution in [1.29, 1.82) is 0 Å². The van der Waals surface area contributed by atoms with Crippen molar-refractivity contribution in [3.05, 3.63) is 24.3 Å². The number of rotatable bonds is 5. The number of benzene rings is 1. The Morgan fingerprint density at radius 1 is 1.24 bits per heavy atom. The number of nitrogens with one attached hydrogen (secondary N) is 2. The third-order valence-electron chi connectivity index (χ3n) is 4.19. The van der Waals surface area contributed by atoms with Crippen molar-refractivity contribution in [3.8, 4) is 0 Å². The fourth-order valence-corrected chi connectivity index (χ4v) is 4.58. The van der Waals surface area contributed by atoms with E-state index in [9.17, 15) is 8.42 Å². The van der Waals surface area contributed by atoms with Gasteiger partial charge in [0.15, 0.2) is 0 Å². The first-order chi connectivity index (χ1) is 9.75. The lowest BCUT2D eigenvalue weighted by molar-refractivity contribution is 0.366. The van der Waals surface area contributed by atoms with E-state index in [1.165, 1.54) is 0 Å². The van der Waals surface area contributed by atoms with Gasteiger partial charge in [0.05, 0.1) is 5.69 Å². The van der Waals surface area contributed by atoms with E-state index in [1.54, 1.807) is 19.1 Å². The average molecular weight is 310 g/mol. The van der Waals surface area contributed by atoms with Crippen LogP contribution in [0.4, 0.5) is 5.69 Å². The normalized spacial score (nSPS) is 25.0. The van der Waals surface area contributed by atoms with E-state index < -0.39 is 10.0 Å². The summed E-state index contributed by atoms with van der Waals surface area (Å²) in [5.74, 6) is 0.537. The molecule has 0 heterocycles. The van der Waals surface area contributed by atoms with Crippen LogP contribution in [-0.2, 0) is 10.0 Å². The topological polar surface area (TPSA) is 58.2 Å². The number of sulfonamides is 1. The highest BCUT2D eigenvalue weighted by Crippen LogP contribution is 2.42. The van der Waals surface area contributed by atoms with Crippen molar-refractivity contribution in [3.63, 3.8) is 0 Å². The van der Waals surface area contributed by atoms with Gasteiger partial charge in [-0.25, -0.2) is 13.1 Å². The van der Waals surface area contributed by atoms with Crippen LogP contribution in [-0.4, -0.2) is 21.0 Å². The summed E-state index contributed by atoms with van der Waals surface area (Å²) in [6, 6.07) is 7.46. The van der Waals surface area contributed by atoms with Crippen LogP contribution < -0.4 is 10.0 Å². The van der Waals surface area contributed by atoms with Gasteiger partial charge in [0.25, 0.3) is 0 Å². The van der Waals surface area contributed by atoms with Crippen molar-refractivity contribution < 1.29 is 8.42 Å². The Bertz CT molecular complexity index is 596. The molecule has 1 fully saturated rings. The maximum absolute atomic E-state index is 12.3. The highest BCUT2D eigenvalue weighted by atomic mass is 32.2. The van der Waals surface area contributed by atoms with Crippen molar-refractivity contribution >= 4 is 15.7 Å². The predicted molar refractivity (Wildman–Crippen MR) is 86.9 cm³/mol. The third-order valence-corrected chi connectivity index (χ3v) is 5.79. The molecule has 2 atom stereocenters.